The first-order valence-electron chi connectivity index (χ1n) is 3.93. The molecule has 84 valence electrons. The Balaban J connectivity index is 3.27. The Morgan fingerprint density at radius 3 is 2.07 bits per heavy atom. The molecule has 0 spiro atoms. The van der Waals surface area contributed by atoms with Crippen LogP contribution >= 0.6 is 41.3 Å². The predicted octanol–water partition coefficient (Wildman–Crippen LogP) is 4.00. The van der Waals surface area contributed by atoms with Crippen molar-refractivity contribution < 1.29 is 9.79 Å². The summed E-state index contributed by atoms with van der Waals surface area (Å²) in [7, 11) is 0. The van der Waals surface area contributed by atoms with E-state index in [9.17, 15) is 9.79 Å². The third-order valence-electron chi connectivity index (χ3n) is 1.99. The van der Waals surface area contributed by atoms with Gasteiger partial charge in [0.25, 0.3) is 0 Å². The van der Waals surface area contributed by atoms with Gasteiger partial charge in [0.2, 0.25) is 0 Å². The van der Waals surface area contributed by atoms with Crippen LogP contribution in [-0.2, 0) is 11.8 Å². The van der Waals surface area contributed by atoms with Crippen LogP contribution in [0.4, 0.5) is 0 Å². The summed E-state index contributed by atoms with van der Waals surface area (Å²) < 4.78 is 0. The lowest BCUT2D eigenvalue weighted by Crippen LogP contribution is -1.96. The lowest BCUT2D eigenvalue weighted by molar-refractivity contribution is 0.466. The van der Waals surface area contributed by atoms with Gasteiger partial charge in [0, 0.05) is 5.02 Å². The zero-order valence-corrected chi connectivity index (χ0v) is 11.6. The molecule has 0 aliphatic rings. The Morgan fingerprint density at radius 1 is 1.13 bits per heavy atom. The summed E-state index contributed by atoms with van der Waals surface area (Å²) in [6.07, 6.45) is 0. The van der Waals surface area contributed by atoms with Crippen molar-refractivity contribution >= 4 is 53.1 Å². The maximum absolute atomic E-state index is 9.37. The second-order valence-electron chi connectivity index (χ2n) is 3.05. The van der Waals surface area contributed by atoms with Gasteiger partial charge in [-0.2, -0.15) is 0 Å². The largest absolute Gasteiger partial charge is 0.345 e. The third-order valence-corrected chi connectivity index (χ3v) is 5.28. The summed E-state index contributed by atoms with van der Waals surface area (Å²) in [5.41, 5.74) is -0.130. The normalized spacial score (nSPS) is 14.0. The Kier molecular flexibility index (Phi) is 4.47. The standard InChI is InChI=1S/C8H8Cl3O2PS/c1-4(14(12,13)15)5-2-7(10)8(11)3-6(5)9/h2-4H,1H3,(H2,12,13,15). The molecule has 1 atom stereocenters. The first kappa shape index (κ1) is 13.7. The van der Waals surface area contributed by atoms with E-state index in [1.54, 1.807) is 6.92 Å². The molecule has 0 saturated heterocycles. The summed E-state index contributed by atoms with van der Waals surface area (Å²) in [5.74, 6) is 0. The van der Waals surface area contributed by atoms with Gasteiger partial charge < -0.3 is 9.79 Å². The highest BCUT2D eigenvalue weighted by molar-refractivity contribution is 8.09. The zero-order chi connectivity index (χ0) is 11.8. The van der Waals surface area contributed by atoms with E-state index in [4.69, 9.17) is 34.8 Å². The maximum atomic E-state index is 9.37. The fourth-order valence-corrected chi connectivity index (χ4v) is 2.75. The number of hydrogen-bond donors (Lipinski definition) is 2. The van der Waals surface area contributed by atoms with Crippen LogP contribution < -0.4 is 0 Å². The number of benzene rings is 1. The van der Waals surface area contributed by atoms with E-state index in [-0.39, 0.29) is 0 Å². The maximum Gasteiger partial charge on any atom is 0.190 e. The Labute approximate surface area is 108 Å². The minimum Gasteiger partial charge on any atom is -0.345 e. The molecule has 2 N–H and O–H groups in total. The highest BCUT2D eigenvalue weighted by atomic mass is 35.5. The molecular weight excluding hydrogens is 297 g/mol. The lowest BCUT2D eigenvalue weighted by Gasteiger charge is -2.18. The molecule has 0 amide bonds. The molecule has 1 rings (SSSR count). The molecular formula is C8H8Cl3O2PS. The van der Waals surface area contributed by atoms with E-state index in [2.05, 4.69) is 11.8 Å². The molecule has 0 fully saturated rings. The summed E-state index contributed by atoms with van der Waals surface area (Å²) >= 11 is 22.1. The fraction of sp³-hybridized carbons (Fsp3) is 0.250. The molecule has 2 nitrogen and oxygen atoms in total. The second kappa shape index (κ2) is 4.89. The fourth-order valence-electron chi connectivity index (χ4n) is 1.04. The Bertz CT molecular complexity index is 432. The number of hydrogen-bond acceptors (Lipinski definition) is 1. The van der Waals surface area contributed by atoms with Gasteiger partial charge in [-0.05, 0) is 36.4 Å². The third kappa shape index (κ3) is 3.31. The van der Waals surface area contributed by atoms with E-state index in [0.717, 1.165) is 0 Å². The van der Waals surface area contributed by atoms with Crippen molar-refractivity contribution in [3.05, 3.63) is 32.8 Å². The number of rotatable bonds is 2. The quantitative estimate of drug-likeness (QED) is 0.641. The van der Waals surface area contributed by atoms with Crippen LogP contribution in [0.25, 0.3) is 0 Å². The first-order valence-corrected chi connectivity index (χ1v) is 7.84. The summed E-state index contributed by atoms with van der Waals surface area (Å²) in [4.78, 5) is 18.7. The van der Waals surface area contributed by atoms with Crippen LogP contribution in [0.15, 0.2) is 12.1 Å². The molecule has 0 saturated carbocycles. The van der Waals surface area contributed by atoms with Gasteiger partial charge in [0.05, 0.1) is 15.7 Å². The molecule has 7 heteroatoms. The number of halogens is 3. The van der Waals surface area contributed by atoms with Gasteiger partial charge in [-0.25, -0.2) is 0 Å². The minimum absolute atomic E-state index is 0.311. The van der Waals surface area contributed by atoms with Crippen LogP contribution in [0, 0.1) is 0 Å². The zero-order valence-electron chi connectivity index (χ0n) is 7.62. The summed E-state index contributed by atoms with van der Waals surface area (Å²) in [5, 5.41) is 0.961. The summed E-state index contributed by atoms with van der Waals surface area (Å²) in [6, 6.07) is 2.96. The van der Waals surface area contributed by atoms with Crippen molar-refractivity contribution in [1.82, 2.24) is 0 Å². The van der Waals surface area contributed by atoms with Crippen LogP contribution in [0.5, 0.6) is 0 Å². The van der Waals surface area contributed by atoms with Crippen molar-refractivity contribution in [2.45, 2.75) is 12.6 Å². The van der Waals surface area contributed by atoms with Crippen molar-refractivity contribution in [2.75, 3.05) is 0 Å². The van der Waals surface area contributed by atoms with E-state index in [1.807, 2.05) is 0 Å². The SMILES string of the molecule is CC(c1cc(Cl)c(Cl)cc1Cl)P(O)(O)=S. The van der Waals surface area contributed by atoms with E-state index >= 15 is 0 Å². The van der Waals surface area contributed by atoms with Gasteiger partial charge in [0.15, 0.2) is 6.49 Å². The molecule has 1 aromatic carbocycles. The molecule has 1 unspecified atom stereocenters. The highest BCUT2D eigenvalue weighted by Crippen LogP contribution is 2.53. The van der Waals surface area contributed by atoms with Crippen molar-refractivity contribution in [3.63, 3.8) is 0 Å². The van der Waals surface area contributed by atoms with Crippen molar-refractivity contribution in [3.8, 4) is 0 Å². The minimum atomic E-state index is -3.39. The molecule has 15 heavy (non-hydrogen) atoms. The average Bonchev–Trinajstić information content (AvgIpc) is 2.08. The first-order chi connectivity index (χ1) is 6.73. The molecule has 0 bridgehead atoms. The second-order valence-corrected chi connectivity index (χ2v) is 7.84. The van der Waals surface area contributed by atoms with Crippen LogP contribution in [-0.4, -0.2) is 9.79 Å². The van der Waals surface area contributed by atoms with Gasteiger partial charge in [-0.1, -0.05) is 34.8 Å². The van der Waals surface area contributed by atoms with E-state index in [1.165, 1.54) is 12.1 Å². The van der Waals surface area contributed by atoms with Crippen LogP contribution in [0.2, 0.25) is 15.1 Å². The Hall–Kier alpha value is 0.660. The van der Waals surface area contributed by atoms with Crippen LogP contribution in [0.1, 0.15) is 18.1 Å². The summed E-state index contributed by atoms with van der Waals surface area (Å²) in [6.45, 7) is -1.80. The molecule has 0 aliphatic heterocycles. The highest BCUT2D eigenvalue weighted by Gasteiger charge is 2.23. The van der Waals surface area contributed by atoms with Gasteiger partial charge in [-0.3, -0.25) is 0 Å². The molecule has 0 radical (unpaired) electrons. The van der Waals surface area contributed by atoms with E-state index < -0.39 is 12.2 Å². The lowest BCUT2D eigenvalue weighted by atomic mass is 10.2. The smallest absolute Gasteiger partial charge is 0.190 e. The van der Waals surface area contributed by atoms with Gasteiger partial charge >= 0.3 is 0 Å². The molecule has 0 aliphatic carbocycles. The van der Waals surface area contributed by atoms with Crippen LogP contribution in [0.3, 0.4) is 0 Å². The molecule has 0 heterocycles. The topological polar surface area (TPSA) is 40.5 Å². The average molecular weight is 306 g/mol. The van der Waals surface area contributed by atoms with Gasteiger partial charge in [-0.15, -0.1) is 0 Å². The van der Waals surface area contributed by atoms with E-state index in [0.29, 0.717) is 20.6 Å². The van der Waals surface area contributed by atoms with Crippen molar-refractivity contribution in [2.24, 2.45) is 0 Å². The molecule has 1 aromatic rings. The van der Waals surface area contributed by atoms with Gasteiger partial charge in [0.1, 0.15) is 0 Å². The molecule has 0 aromatic heterocycles. The van der Waals surface area contributed by atoms with Crippen molar-refractivity contribution in [1.29, 1.82) is 0 Å². The monoisotopic (exact) mass is 304 g/mol. The predicted molar refractivity (Wildman–Crippen MR) is 68.6 cm³/mol. The Morgan fingerprint density at radius 2 is 1.60 bits per heavy atom.